The van der Waals surface area contributed by atoms with Gasteiger partial charge < -0.3 is 9.30 Å². The van der Waals surface area contributed by atoms with Crippen molar-refractivity contribution < 1.29 is 4.74 Å². The molecule has 3 nitrogen and oxygen atoms in total. The first kappa shape index (κ1) is 17.0. The maximum absolute atomic E-state index is 5.53. The predicted molar refractivity (Wildman–Crippen MR) is 105 cm³/mol. The van der Waals surface area contributed by atoms with Crippen LogP contribution in [0.3, 0.4) is 0 Å². The second-order valence-corrected chi connectivity index (χ2v) is 6.13. The molecule has 3 aromatic rings. The molecule has 1 heterocycles. The average molecular weight is 332 g/mol. The molecule has 3 heteroatoms. The first-order chi connectivity index (χ1) is 12.1. The van der Waals surface area contributed by atoms with E-state index in [1.165, 1.54) is 17.0 Å². The minimum Gasteiger partial charge on any atom is -0.494 e. The zero-order chi connectivity index (χ0) is 17.8. The Morgan fingerprint density at radius 3 is 2.40 bits per heavy atom. The van der Waals surface area contributed by atoms with Gasteiger partial charge in [0.15, 0.2) is 0 Å². The molecule has 25 heavy (non-hydrogen) atoms. The second kappa shape index (κ2) is 7.39. The van der Waals surface area contributed by atoms with Crippen LogP contribution in [0, 0.1) is 20.8 Å². The van der Waals surface area contributed by atoms with Crippen molar-refractivity contribution >= 4 is 11.9 Å². The maximum Gasteiger partial charge on any atom is 0.119 e. The highest BCUT2D eigenvalue weighted by Crippen LogP contribution is 2.23. The minimum absolute atomic E-state index is 0.681. The smallest absolute Gasteiger partial charge is 0.119 e. The Morgan fingerprint density at radius 1 is 1.00 bits per heavy atom. The number of benzene rings is 2. The van der Waals surface area contributed by atoms with Gasteiger partial charge in [0.05, 0.1) is 12.3 Å². The van der Waals surface area contributed by atoms with Crippen molar-refractivity contribution in [3.05, 3.63) is 77.1 Å². The van der Waals surface area contributed by atoms with Gasteiger partial charge in [-0.1, -0.05) is 18.2 Å². The monoisotopic (exact) mass is 332 g/mol. The molecule has 0 fully saturated rings. The zero-order valence-electron chi connectivity index (χ0n) is 15.3. The van der Waals surface area contributed by atoms with Crippen LogP contribution < -0.4 is 4.74 Å². The van der Waals surface area contributed by atoms with Crippen LogP contribution in [0.4, 0.5) is 5.69 Å². The first-order valence-corrected chi connectivity index (χ1v) is 8.62. The van der Waals surface area contributed by atoms with Crippen LogP contribution in [0.25, 0.3) is 5.69 Å². The van der Waals surface area contributed by atoms with E-state index in [4.69, 9.17) is 4.74 Å². The van der Waals surface area contributed by atoms with E-state index >= 15 is 0 Å². The Hall–Kier alpha value is -2.81. The van der Waals surface area contributed by atoms with E-state index in [2.05, 4.69) is 54.6 Å². The lowest BCUT2D eigenvalue weighted by Gasteiger charge is -2.11. The fourth-order valence-electron chi connectivity index (χ4n) is 3.02. The molecule has 2 aromatic carbocycles. The van der Waals surface area contributed by atoms with Gasteiger partial charge in [0.25, 0.3) is 0 Å². The predicted octanol–water partition coefficient (Wildman–Crippen LogP) is 5.55. The Kier molecular flexibility index (Phi) is 5.03. The third-order valence-electron chi connectivity index (χ3n) is 4.33. The Bertz CT molecular complexity index is 889. The number of aryl methyl sites for hydroxylation is 2. The van der Waals surface area contributed by atoms with E-state index in [0.29, 0.717) is 6.61 Å². The van der Waals surface area contributed by atoms with Crippen molar-refractivity contribution in [2.75, 3.05) is 6.61 Å². The van der Waals surface area contributed by atoms with Crippen LogP contribution in [0.5, 0.6) is 5.75 Å². The van der Waals surface area contributed by atoms with E-state index < -0.39 is 0 Å². The molecule has 0 saturated carbocycles. The van der Waals surface area contributed by atoms with Crippen molar-refractivity contribution in [3.8, 4) is 11.4 Å². The van der Waals surface area contributed by atoms with E-state index in [1.54, 1.807) is 0 Å². The number of aromatic nitrogens is 1. The third kappa shape index (κ3) is 3.66. The summed E-state index contributed by atoms with van der Waals surface area (Å²) < 4.78 is 7.78. The molecule has 0 aliphatic rings. The molecular weight excluding hydrogens is 308 g/mol. The minimum atomic E-state index is 0.681. The highest BCUT2D eigenvalue weighted by Gasteiger charge is 2.09. The summed E-state index contributed by atoms with van der Waals surface area (Å²) in [5.74, 6) is 0.898. The topological polar surface area (TPSA) is 26.5 Å². The number of ether oxygens (including phenoxy) is 1. The molecule has 0 radical (unpaired) electrons. The van der Waals surface area contributed by atoms with Gasteiger partial charge in [-0.2, -0.15) is 0 Å². The summed E-state index contributed by atoms with van der Waals surface area (Å²) in [6.45, 7) is 9.00. The number of rotatable bonds is 5. The number of aliphatic imine (C=N–C) groups is 1. The standard InChI is InChI=1S/C22H24N2O/c1-5-25-21-12-10-20(11-13-21)24-17(3)14-19(18(24)4)15-23-22-9-7-6-8-16(22)2/h6-15H,5H2,1-4H3. The van der Waals surface area contributed by atoms with E-state index in [9.17, 15) is 0 Å². The van der Waals surface area contributed by atoms with Crippen LogP contribution in [0.15, 0.2) is 59.6 Å². The third-order valence-corrected chi connectivity index (χ3v) is 4.33. The fourth-order valence-corrected chi connectivity index (χ4v) is 3.02. The normalized spacial score (nSPS) is 11.2. The average Bonchev–Trinajstić information content (AvgIpc) is 2.89. The van der Waals surface area contributed by atoms with Gasteiger partial charge in [-0.05, 0) is 69.7 Å². The summed E-state index contributed by atoms with van der Waals surface area (Å²) in [4.78, 5) is 4.67. The van der Waals surface area contributed by atoms with E-state index in [0.717, 1.165) is 22.7 Å². The lowest BCUT2D eigenvalue weighted by Crippen LogP contribution is -2.00. The highest BCUT2D eigenvalue weighted by molar-refractivity contribution is 5.84. The molecule has 0 aliphatic heterocycles. The summed E-state index contributed by atoms with van der Waals surface area (Å²) in [5.41, 5.74) is 6.82. The molecule has 0 N–H and O–H groups in total. The number of hydrogen-bond acceptors (Lipinski definition) is 2. The maximum atomic E-state index is 5.53. The molecule has 1 aromatic heterocycles. The van der Waals surface area contributed by atoms with Crippen LogP contribution in [-0.4, -0.2) is 17.4 Å². The van der Waals surface area contributed by atoms with Crippen LogP contribution >= 0.6 is 0 Å². The van der Waals surface area contributed by atoms with Crippen molar-refractivity contribution in [1.82, 2.24) is 4.57 Å². The summed E-state index contributed by atoms with van der Waals surface area (Å²) in [6, 6.07) is 18.5. The zero-order valence-corrected chi connectivity index (χ0v) is 15.3. The lowest BCUT2D eigenvalue weighted by molar-refractivity contribution is 0.340. The lowest BCUT2D eigenvalue weighted by atomic mass is 10.2. The van der Waals surface area contributed by atoms with Gasteiger partial charge in [-0.3, -0.25) is 4.99 Å². The molecule has 0 amide bonds. The largest absolute Gasteiger partial charge is 0.494 e. The summed E-state index contributed by atoms with van der Waals surface area (Å²) in [7, 11) is 0. The molecule has 0 unspecified atom stereocenters. The number of para-hydroxylation sites is 1. The summed E-state index contributed by atoms with van der Waals surface area (Å²) >= 11 is 0. The van der Waals surface area contributed by atoms with Gasteiger partial charge in [-0.15, -0.1) is 0 Å². The van der Waals surface area contributed by atoms with Crippen molar-refractivity contribution in [3.63, 3.8) is 0 Å². The van der Waals surface area contributed by atoms with Crippen molar-refractivity contribution in [1.29, 1.82) is 0 Å². The quantitative estimate of drug-likeness (QED) is 0.562. The van der Waals surface area contributed by atoms with Gasteiger partial charge >= 0.3 is 0 Å². The summed E-state index contributed by atoms with van der Waals surface area (Å²) in [6.07, 6.45) is 1.95. The van der Waals surface area contributed by atoms with Gasteiger partial charge in [0, 0.05) is 28.9 Å². The number of hydrogen-bond donors (Lipinski definition) is 0. The summed E-state index contributed by atoms with van der Waals surface area (Å²) in [5, 5.41) is 0. The highest BCUT2D eigenvalue weighted by atomic mass is 16.5. The fraction of sp³-hybridized carbons (Fsp3) is 0.227. The Labute approximate surface area is 149 Å². The van der Waals surface area contributed by atoms with Crippen LogP contribution in [-0.2, 0) is 0 Å². The van der Waals surface area contributed by atoms with Gasteiger partial charge in [0.1, 0.15) is 5.75 Å². The van der Waals surface area contributed by atoms with Crippen molar-refractivity contribution in [2.45, 2.75) is 27.7 Å². The molecule has 0 bridgehead atoms. The Morgan fingerprint density at radius 2 is 1.72 bits per heavy atom. The molecule has 0 atom stereocenters. The SMILES string of the molecule is CCOc1ccc(-n2c(C)cc(C=Nc3ccccc3C)c2C)cc1. The molecule has 0 spiro atoms. The molecular formula is C22H24N2O. The van der Waals surface area contributed by atoms with Crippen LogP contribution in [0.1, 0.15) is 29.4 Å². The first-order valence-electron chi connectivity index (χ1n) is 8.62. The van der Waals surface area contributed by atoms with Crippen molar-refractivity contribution in [2.24, 2.45) is 4.99 Å². The van der Waals surface area contributed by atoms with Gasteiger partial charge in [-0.25, -0.2) is 0 Å². The molecule has 0 aliphatic carbocycles. The molecule has 0 saturated heterocycles. The number of nitrogens with zero attached hydrogens (tertiary/aromatic N) is 2. The second-order valence-electron chi connectivity index (χ2n) is 6.13. The van der Waals surface area contributed by atoms with Gasteiger partial charge in [0.2, 0.25) is 0 Å². The molecule has 128 valence electrons. The molecule has 3 rings (SSSR count). The van der Waals surface area contributed by atoms with E-state index in [1.807, 2.05) is 43.5 Å². The van der Waals surface area contributed by atoms with E-state index in [-0.39, 0.29) is 0 Å². The Balaban J connectivity index is 1.92. The van der Waals surface area contributed by atoms with Crippen LogP contribution in [0.2, 0.25) is 0 Å².